The highest BCUT2D eigenvalue weighted by Gasteiger charge is 2.43. The maximum absolute atomic E-state index is 13.1. The molecule has 6 nitrogen and oxygen atoms in total. The monoisotopic (exact) mass is 522 g/mol. The maximum atomic E-state index is 13.1. The Morgan fingerprint density at radius 3 is 2.67 bits per heavy atom. The van der Waals surface area contributed by atoms with Gasteiger partial charge in [0.25, 0.3) is 0 Å². The largest absolute Gasteiger partial charge is 0.490 e. The first kappa shape index (κ1) is 22.5. The van der Waals surface area contributed by atoms with Crippen LogP contribution in [0.5, 0.6) is 11.5 Å². The zero-order valence-corrected chi connectivity index (χ0v) is 20.1. The van der Waals surface area contributed by atoms with Crippen molar-refractivity contribution in [2.75, 3.05) is 6.61 Å². The molecule has 0 spiro atoms. The quantitative estimate of drug-likeness (QED) is 0.552. The topological polar surface area (TPSA) is 94.6 Å². The minimum Gasteiger partial charge on any atom is -0.490 e. The van der Waals surface area contributed by atoms with Gasteiger partial charge in [0, 0.05) is 18.4 Å². The first-order valence-electron chi connectivity index (χ1n) is 10.0. The minimum atomic E-state index is -0.580. The first-order valence-corrected chi connectivity index (χ1v) is 11.1. The van der Waals surface area contributed by atoms with Crippen LogP contribution in [-0.2, 0) is 9.53 Å². The molecule has 2 N–H and O–H groups in total. The second-order valence-corrected chi connectivity index (χ2v) is 9.79. The molecule has 0 fully saturated rings. The molecule has 1 aromatic rings. The number of allylic oxidation sites excluding steroid dienone is 3. The highest BCUT2D eigenvalue weighted by Crippen LogP contribution is 2.49. The van der Waals surface area contributed by atoms with Crippen LogP contribution in [0.4, 0.5) is 0 Å². The van der Waals surface area contributed by atoms with E-state index >= 15 is 0 Å². The number of rotatable bonds is 5. The van der Waals surface area contributed by atoms with Crippen molar-refractivity contribution >= 4 is 28.4 Å². The van der Waals surface area contributed by atoms with Gasteiger partial charge in [0.2, 0.25) is 5.88 Å². The molecule has 0 bridgehead atoms. The lowest BCUT2D eigenvalue weighted by Gasteiger charge is -2.37. The Kier molecular flexibility index (Phi) is 6.37. The first-order chi connectivity index (χ1) is 14.1. The van der Waals surface area contributed by atoms with E-state index in [1.165, 1.54) is 0 Å². The summed E-state index contributed by atoms with van der Waals surface area (Å²) in [7, 11) is 0. The van der Waals surface area contributed by atoms with Crippen molar-refractivity contribution in [1.82, 2.24) is 0 Å². The molecule has 2 aliphatic rings. The molecule has 160 valence electrons. The Morgan fingerprint density at radius 1 is 1.37 bits per heavy atom. The van der Waals surface area contributed by atoms with Crippen LogP contribution in [0.1, 0.15) is 58.9 Å². The third-order valence-corrected chi connectivity index (χ3v) is 5.90. The summed E-state index contributed by atoms with van der Waals surface area (Å²) in [5.41, 5.74) is 7.44. The van der Waals surface area contributed by atoms with Crippen molar-refractivity contribution in [2.45, 2.75) is 59.5 Å². The van der Waals surface area contributed by atoms with E-state index in [-0.39, 0.29) is 28.8 Å². The van der Waals surface area contributed by atoms with Gasteiger partial charge >= 0.3 is 0 Å². The van der Waals surface area contributed by atoms with Crippen LogP contribution in [0.25, 0.3) is 0 Å². The fourth-order valence-corrected chi connectivity index (χ4v) is 4.74. The molecule has 1 atom stereocenters. The van der Waals surface area contributed by atoms with Crippen LogP contribution < -0.4 is 15.2 Å². The molecule has 1 aliphatic heterocycles. The second kappa shape index (κ2) is 8.50. The summed E-state index contributed by atoms with van der Waals surface area (Å²) in [6.45, 7) is 10.3. The van der Waals surface area contributed by atoms with E-state index in [0.717, 1.165) is 9.13 Å². The molecule has 3 rings (SSSR count). The molecule has 0 amide bonds. The number of nitrogens with zero attached hydrogens (tertiary/aromatic N) is 1. The summed E-state index contributed by atoms with van der Waals surface area (Å²) in [5.74, 6) is 1.27. The van der Waals surface area contributed by atoms with Crippen LogP contribution >= 0.6 is 22.6 Å². The number of carbonyl (C=O) groups is 1. The molecule has 0 aromatic heterocycles. The number of halogens is 1. The van der Waals surface area contributed by atoms with Crippen LogP contribution in [0.2, 0.25) is 0 Å². The summed E-state index contributed by atoms with van der Waals surface area (Å²) in [6.07, 6.45) is 0.968. The normalized spacial score (nSPS) is 20.6. The number of ether oxygens (including phenoxy) is 3. The Morgan fingerprint density at radius 2 is 2.07 bits per heavy atom. The van der Waals surface area contributed by atoms with Gasteiger partial charge in [-0.15, -0.1) is 0 Å². The van der Waals surface area contributed by atoms with E-state index in [0.29, 0.717) is 42.3 Å². The van der Waals surface area contributed by atoms with Crippen molar-refractivity contribution in [3.8, 4) is 17.6 Å². The summed E-state index contributed by atoms with van der Waals surface area (Å²) in [5, 5.41) is 9.83. The van der Waals surface area contributed by atoms with Gasteiger partial charge in [-0.25, -0.2) is 0 Å². The molecular formula is C23H27IN2O4. The lowest BCUT2D eigenvalue weighted by Crippen LogP contribution is -2.33. The standard InChI is InChI=1S/C23H27IN2O4/c1-6-28-17-8-13(7-15(24)21(17)29-12(2)3)19-14(11-25)22(26)30-18-10-23(4,5)9-16(27)20(18)19/h7-8,12,19H,6,9-10,26H2,1-5H3/t19-/m0/s1. The Hall–Kier alpha value is -2.21. The van der Waals surface area contributed by atoms with Gasteiger partial charge < -0.3 is 19.9 Å². The third-order valence-electron chi connectivity index (χ3n) is 5.09. The fraction of sp³-hybridized carbons (Fsp3) is 0.478. The lowest BCUT2D eigenvalue weighted by atomic mass is 9.70. The summed E-state index contributed by atoms with van der Waals surface area (Å²) < 4.78 is 18.4. The lowest BCUT2D eigenvalue weighted by molar-refractivity contribution is -0.119. The van der Waals surface area contributed by atoms with Crippen molar-refractivity contribution in [2.24, 2.45) is 11.1 Å². The van der Waals surface area contributed by atoms with Crippen molar-refractivity contribution in [3.05, 3.63) is 44.1 Å². The number of carbonyl (C=O) groups excluding carboxylic acids is 1. The molecule has 0 saturated carbocycles. The van der Waals surface area contributed by atoms with E-state index < -0.39 is 5.92 Å². The zero-order chi connectivity index (χ0) is 22.2. The van der Waals surface area contributed by atoms with Crippen LogP contribution in [0, 0.1) is 20.3 Å². The smallest absolute Gasteiger partial charge is 0.205 e. The average Bonchev–Trinajstić information content (AvgIpc) is 2.62. The van der Waals surface area contributed by atoms with E-state index in [1.807, 2.05) is 46.8 Å². The number of nitriles is 1. The van der Waals surface area contributed by atoms with Crippen molar-refractivity contribution in [3.63, 3.8) is 0 Å². The molecule has 1 heterocycles. The highest BCUT2D eigenvalue weighted by molar-refractivity contribution is 14.1. The summed E-state index contributed by atoms with van der Waals surface area (Å²) >= 11 is 2.20. The van der Waals surface area contributed by atoms with Gasteiger partial charge in [0.05, 0.1) is 22.2 Å². The Balaban J connectivity index is 2.20. The van der Waals surface area contributed by atoms with Crippen LogP contribution in [0.15, 0.2) is 34.9 Å². The van der Waals surface area contributed by atoms with Crippen molar-refractivity contribution in [1.29, 1.82) is 5.26 Å². The van der Waals surface area contributed by atoms with Gasteiger partial charge in [-0.3, -0.25) is 4.79 Å². The van der Waals surface area contributed by atoms with E-state index in [9.17, 15) is 10.1 Å². The fourth-order valence-electron chi connectivity index (χ4n) is 3.99. The summed E-state index contributed by atoms with van der Waals surface area (Å²) in [6, 6.07) is 5.94. The molecule has 1 aliphatic carbocycles. The molecule has 0 saturated heterocycles. The number of hydrogen-bond acceptors (Lipinski definition) is 6. The SMILES string of the molecule is CCOc1cc([C@H]2C(C#N)=C(N)OC3=C2C(=O)CC(C)(C)C3)cc(I)c1OC(C)C. The molecular weight excluding hydrogens is 495 g/mol. The van der Waals surface area contributed by atoms with E-state index in [2.05, 4.69) is 28.7 Å². The Labute approximate surface area is 191 Å². The van der Waals surface area contributed by atoms with Gasteiger partial charge in [0.1, 0.15) is 17.4 Å². The summed E-state index contributed by atoms with van der Waals surface area (Å²) in [4.78, 5) is 13.1. The molecule has 30 heavy (non-hydrogen) atoms. The number of hydrogen-bond donors (Lipinski definition) is 1. The van der Waals surface area contributed by atoms with Gasteiger partial charge in [-0.1, -0.05) is 13.8 Å². The van der Waals surface area contributed by atoms with Crippen LogP contribution in [0.3, 0.4) is 0 Å². The number of Topliss-reactive ketones (excluding diaryl/α,β-unsaturated/α-hetero) is 1. The number of benzene rings is 1. The molecule has 1 aromatic carbocycles. The van der Waals surface area contributed by atoms with Crippen LogP contribution in [-0.4, -0.2) is 18.5 Å². The predicted molar refractivity (Wildman–Crippen MR) is 122 cm³/mol. The van der Waals surface area contributed by atoms with Gasteiger partial charge in [-0.2, -0.15) is 5.26 Å². The van der Waals surface area contributed by atoms with Crippen molar-refractivity contribution < 1.29 is 19.0 Å². The number of ketones is 1. The van der Waals surface area contributed by atoms with E-state index in [1.54, 1.807) is 0 Å². The third kappa shape index (κ3) is 4.29. The zero-order valence-electron chi connectivity index (χ0n) is 18.0. The number of nitrogens with two attached hydrogens (primary N) is 1. The van der Waals surface area contributed by atoms with Gasteiger partial charge in [-0.05, 0) is 66.5 Å². The molecule has 0 radical (unpaired) electrons. The van der Waals surface area contributed by atoms with Gasteiger partial charge in [0.15, 0.2) is 17.3 Å². The molecule has 0 unspecified atom stereocenters. The van der Waals surface area contributed by atoms with E-state index in [4.69, 9.17) is 19.9 Å². The maximum Gasteiger partial charge on any atom is 0.205 e. The average molecular weight is 522 g/mol. The molecule has 7 heteroatoms. The minimum absolute atomic E-state index is 0.0121. The second-order valence-electron chi connectivity index (χ2n) is 8.63. The Bertz CT molecular complexity index is 986. The highest BCUT2D eigenvalue weighted by atomic mass is 127. The predicted octanol–water partition coefficient (Wildman–Crippen LogP) is 4.93.